The highest BCUT2D eigenvalue weighted by molar-refractivity contribution is 6.32. The molecule has 0 spiro atoms. The second-order valence-electron chi connectivity index (χ2n) is 7.85. The third-order valence-corrected chi connectivity index (χ3v) is 6.21. The van der Waals surface area contributed by atoms with Crippen LogP contribution in [-0.2, 0) is 19.1 Å². The van der Waals surface area contributed by atoms with Gasteiger partial charge in [0.15, 0.2) is 6.10 Å². The lowest BCUT2D eigenvalue weighted by molar-refractivity contribution is -0.386. The third-order valence-electron chi connectivity index (χ3n) is 5.93. The van der Waals surface area contributed by atoms with Crippen molar-refractivity contribution in [2.45, 2.75) is 26.4 Å². The average molecular weight is 462 g/mol. The van der Waals surface area contributed by atoms with Crippen LogP contribution in [0.25, 0.3) is 0 Å². The predicted molar refractivity (Wildman–Crippen MR) is 112 cm³/mol. The van der Waals surface area contributed by atoms with Crippen molar-refractivity contribution in [3.63, 3.8) is 0 Å². The van der Waals surface area contributed by atoms with Crippen molar-refractivity contribution in [1.82, 2.24) is 5.01 Å². The fourth-order valence-electron chi connectivity index (χ4n) is 4.54. The number of carbonyl (C=O) groups is 3. The number of halogens is 1. The number of fused-ring (bicyclic) bond motifs is 5. The van der Waals surface area contributed by atoms with Crippen molar-refractivity contribution < 1.29 is 28.8 Å². The summed E-state index contributed by atoms with van der Waals surface area (Å²) in [4.78, 5) is 48.0. The maximum atomic E-state index is 12.7. The number of rotatable bonds is 7. The van der Waals surface area contributed by atoms with Gasteiger partial charge in [0.1, 0.15) is 0 Å². The zero-order valence-corrected chi connectivity index (χ0v) is 18.0. The number of nitro groups is 1. The molecule has 0 radical (unpaired) electrons. The fraction of sp³-hybridized carbons (Fsp3) is 0.429. The Hall–Kier alpha value is -3.27. The van der Waals surface area contributed by atoms with E-state index >= 15 is 0 Å². The number of carbonyl (C=O) groups excluding carboxylic acids is 3. The molecule has 4 rings (SSSR count). The van der Waals surface area contributed by atoms with Gasteiger partial charge >= 0.3 is 11.7 Å². The van der Waals surface area contributed by atoms with E-state index in [1.807, 2.05) is 12.2 Å². The van der Waals surface area contributed by atoms with Gasteiger partial charge in [0, 0.05) is 11.6 Å². The summed E-state index contributed by atoms with van der Waals surface area (Å²) in [6.07, 6.45) is 4.81. The molecule has 1 heterocycles. The molecule has 1 aliphatic heterocycles. The number of amides is 2. The smallest absolute Gasteiger partial charge is 0.347 e. The van der Waals surface area contributed by atoms with E-state index in [0.717, 1.165) is 17.5 Å². The molecular formula is C21H20ClN3O7. The molecule has 10 nitrogen and oxygen atoms in total. The highest BCUT2D eigenvalue weighted by atomic mass is 35.5. The maximum Gasteiger partial charge on any atom is 0.347 e. The second kappa shape index (κ2) is 8.34. The van der Waals surface area contributed by atoms with E-state index in [-0.39, 0.29) is 46.6 Å². The van der Waals surface area contributed by atoms with Crippen LogP contribution in [0.4, 0.5) is 5.69 Å². The highest BCUT2D eigenvalue weighted by Crippen LogP contribution is 2.52. The van der Waals surface area contributed by atoms with Gasteiger partial charge in [0.2, 0.25) is 5.75 Å². The van der Waals surface area contributed by atoms with Crippen LogP contribution in [0.3, 0.4) is 0 Å². The lowest BCUT2D eigenvalue weighted by Crippen LogP contribution is -2.28. The molecule has 2 bridgehead atoms. The van der Waals surface area contributed by atoms with Gasteiger partial charge in [0.25, 0.3) is 11.8 Å². The van der Waals surface area contributed by atoms with Crippen LogP contribution < -0.4 is 4.74 Å². The molecule has 5 atom stereocenters. The summed E-state index contributed by atoms with van der Waals surface area (Å²) in [7, 11) is 0. The Labute approximate surface area is 187 Å². The molecule has 0 N–H and O–H groups in total. The van der Waals surface area contributed by atoms with Gasteiger partial charge < -0.3 is 9.47 Å². The van der Waals surface area contributed by atoms with E-state index < -0.39 is 34.5 Å². The zero-order chi connectivity index (χ0) is 23.2. The normalized spacial score (nSPS) is 26.7. The summed E-state index contributed by atoms with van der Waals surface area (Å²) in [6, 6.07) is 2.47. The molecule has 0 unspecified atom stereocenters. The first-order valence-electron chi connectivity index (χ1n) is 10.1. The Kier molecular flexibility index (Phi) is 5.72. The number of hydrazone groups is 1. The molecular weight excluding hydrogens is 442 g/mol. The molecule has 1 saturated heterocycles. The van der Waals surface area contributed by atoms with Crippen LogP contribution >= 0.6 is 11.6 Å². The van der Waals surface area contributed by atoms with Crippen LogP contribution in [0.2, 0.25) is 5.02 Å². The Morgan fingerprint density at radius 1 is 1.31 bits per heavy atom. The maximum absolute atomic E-state index is 12.7. The van der Waals surface area contributed by atoms with E-state index in [9.17, 15) is 24.5 Å². The SMILES string of the molecule is CCOC(=O)[C@H](C)Oc1c(Cl)cc(C=NN2C(=O)[C@@H]3[C@H](C2=O)[C@H]2C=C[C@H]3C2)cc1[N+](=O)[O-]. The number of hydrogen-bond donors (Lipinski definition) is 0. The number of allylic oxidation sites excluding steroid dienone is 2. The molecule has 2 amide bonds. The number of nitro benzene ring substituents is 1. The highest BCUT2D eigenvalue weighted by Gasteiger charge is 2.59. The number of benzene rings is 1. The molecule has 3 aliphatic rings. The van der Waals surface area contributed by atoms with Crippen LogP contribution in [0.5, 0.6) is 5.75 Å². The van der Waals surface area contributed by atoms with Gasteiger partial charge in [-0.2, -0.15) is 10.1 Å². The fourth-order valence-corrected chi connectivity index (χ4v) is 4.80. The molecule has 0 aromatic heterocycles. The van der Waals surface area contributed by atoms with Crippen molar-refractivity contribution in [1.29, 1.82) is 0 Å². The van der Waals surface area contributed by atoms with Gasteiger partial charge in [-0.05, 0) is 38.2 Å². The first-order valence-corrected chi connectivity index (χ1v) is 10.5. The van der Waals surface area contributed by atoms with Gasteiger partial charge in [-0.3, -0.25) is 19.7 Å². The number of nitrogens with zero attached hydrogens (tertiary/aromatic N) is 3. The zero-order valence-electron chi connectivity index (χ0n) is 17.3. The largest absolute Gasteiger partial charge is 0.471 e. The Balaban J connectivity index is 1.56. The van der Waals surface area contributed by atoms with Crippen LogP contribution in [0, 0.1) is 33.8 Å². The van der Waals surface area contributed by atoms with Crippen molar-refractivity contribution in [3.8, 4) is 5.75 Å². The molecule has 2 fully saturated rings. The molecule has 11 heteroatoms. The van der Waals surface area contributed by atoms with Gasteiger partial charge in [-0.15, -0.1) is 0 Å². The van der Waals surface area contributed by atoms with Crippen LogP contribution in [-0.4, -0.2) is 46.6 Å². The minimum Gasteiger partial charge on any atom is -0.471 e. The minimum absolute atomic E-state index is 0.0509. The second-order valence-corrected chi connectivity index (χ2v) is 8.26. The average Bonchev–Trinajstić information content (AvgIpc) is 3.42. The van der Waals surface area contributed by atoms with Crippen molar-refractivity contribution in [2.24, 2.45) is 28.8 Å². The minimum atomic E-state index is -1.12. The van der Waals surface area contributed by atoms with Crippen molar-refractivity contribution >= 4 is 41.3 Å². The summed E-state index contributed by atoms with van der Waals surface area (Å²) in [5.41, 5.74) is -0.301. The van der Waals surface area contributed by atoms with Gasteiger partial charge in [-0.25, -0.2) is 4.79 Å². The van der Waals surface area contributed by atoms with E-state index in [1.54, 1.807) is 6.92 Å². The van der Waals surface area contributed by atoms with E-state index in [1.165, 1.54) is 19.2 Å². The Bertz CT molecular complexity index is 1040. The lowest BCUT2D eigenvalue weighted by Gasteiger charge is -2.15. The van der Waals surface area contributed by atoms with E-state index in [2.05, 4.69) is 5.10 Å². The number of ether oxygens (including phenoxy) is 2. The number of imide groups is 1. The Morgan fingerprint density at radius 3 is 2.50 bits per heavy atom. The summed E-state index contributed by atoms with van der Waals surface area (Å²) in [5, 5.41) is 16.3. The lowest BCUT2D eigenvalue weighted by atomic mass is 9.85. The van der Waals surface area contributed by atoms with Crippen LogP contribution in [0.1, 0.15) is 25.8 Å². The van der Waals surface area contributed by atoms with E-state index in [4.69, 9.17) is 21.1 Å². The summed E-state index contributed by atoms with van der Waals surface area (Å²) in [5.74, 6) is -2.40. The molecule has 168 valence electrons. The topological polar surface area (TPSA) is 128 Å². The molecule has 2 aliphatic carbocycles. The standard InChI is InChI=1S/C21H20ClN3O7/c1-3-31-21(28)10(2)32-18-14(22)6-11(7-15(18)25(29)30)9-23-24-19(26)16-12-4-5-13(8-12)17(16)20(24)27/h4-7,9-10,12-13,16-17H,3,8H2,1-2H3/t10-,12-,13-,16-,17+/m0/s1. The first-order chi connectivity index (χ1) is 15.2. The summed E-state index contributed by atoms with van der Waals surface area (Å²) in [6.45, 7) is 3.14. The summed E-state index contributed by atoms with van der Waals surface area (Å²) < 4.78 is 10.2. The van der Waals surface area contributed by atoms with E-state index in [0.29, 0.717) is 0 Å². The molecule has 1 aromatic rings. The van der Waals surface area contributed by atoms with Gasteiger partial charge in [-0.1, -0.05) is 23.8 Å². The van der Waals surface area contributed by atoms with Gasteiger partial charge in [0.05, 0.1) is 34.6 Å². The quantitative estimate of drug-likeness (QED) is 0.152. The van der Waals surface area contributed by atoms with Crippen LogP contribution in [0.15, 0.2) is 29.4 Å². The molecule has 1 saturated carbocycles. The van der Waals surface area contributed by atoms with Crippen molar-refractivity contribution in [2.75, 3.05) is 6.61 Å². The Morgan fingerprint density at radius 2 is 1.94 bits per heavy atom. The monoisotopic (exact) mass is 461 g/mol. The number of hydrogen-bond acceptors (Lipinski definition) is 8. The molecule has 32 heavy (non-hydrogen) atoms. The number of esters is 1. The first kappa shape index (κ1) is 21.9. The molecule has 1 aromatic carbocycles. The third kappa shape index (κ3) is 3.64. The predicted octanol–water partition coefficient (Wildman–Crippen LogP) is 2.72. The summed E-state index contributed by atoms with van der Waals surface area (Å²) >= 11 is 6.18. The van der Waals surface area contributed by atoms with Crippen molar-refractivity contribution in [3.05, 3.63) is 45.0 Å².